The average molecular weight is 468 g/mol. The van der Waals surface area contributed by atoms with E-state index in [-0.39, 0.29) is 0 Å². The molecule has 178 valence electrons. The number of hydrogen-bond acceptors (Lipinski definition) is 6. The lowest BCUT2D eigenvalue weighted by Crippen LogP contribution is -2.45. The van der Waals surface area contributed by atoms with Crippen molar-refractivity contribution in [1.29, 1.82) is 0 Å². The highest BCUT2D eigenvalue weighted by Crippen LogP contribution is 2.41. The standard InChI is InChI=1S/C26H37N5OS/c1-30-8-6-19(7-9-30)26-29-24(17-33-26)23-16-28-25-22(23)14-20(15-27-25)18-2-4-21(5-3-18)31-10-12-32-13-11-31/h15-21,28H,2-14H2,1H3. The van der Waals surface area contributed by atoms with Crippen LogP contribution >= 0.6 is 11.3 Å². The van der Waals surface area contributed by atoms with Gasteiger partial charge >= 0.3 is 0 Å². The van der Waals surface area contributed by atoms with Crippen LogP contribution in [-0.2, 0) is 11.2 Å². The zero-order valence-corrected chi connectivity index (χ0v) is 20.7. The van der Waals surface area contributed by atoms with E-state index in [0.29, 0.717) is 11.8 Å². The number of H-pyrrole nitrogens is 1. The van der Waals surface area contributed by atoms with Gasteiger partial charge in [0.15, 0.2) is 0 Å². The molecule has 6 nitrogen and oxygen atoms in total. The fourth-order valence-electron chi connectivity index (χ4n) is 6.43. The number of nitrogens with zero attached hydrogens (tertiary/aromatic N) is 4. The maximum atomic E-state index is 5.55. The van der Waals surface area contributed by atoms with Crippen molar-refractivity contribution < 1.29 is 4.74 Å². The summed E-state index contributed by atoms with van der Waals surface area (Å²) in [5.41, 5.74) is 3.82. The van der Waals surface area contributed by atoms with Crippen molar-refractivity contribution in [2.75, 3.05) is 46.4 Å². The third-order valence-corrected chi connectivity index (χ3v) is 9.58. The van der Waals surface area contributed by atoms with Crippen LogP contribution in [0.5, 0.6) is 0 Å². The molecule has 1 aliphatic carbocycles. The summed E-state index contributed by atoms with van der Waals surface area (Å²) in [6, 6.07) is 0.761. The van der Waals surface area contributed by atoms with E-state index in [9.17, 15) is 0 Å². The molecular weight excluding hydrogens is 430 g/mol. The van der Waals surface area contributed by atoms with Gasteiger partial charge in [-0.25, -0.2) is 9.98 Å². The zero-order valence-electron chi connectivity index (χ0n) is 19.8. The van der Waals surface area contributed by atoms with E-state index in [2.05, 4.69) is 39.6 Å². The van der Waals surface area contributed by atoms with Crippen LogP contribution in [0.2, 0.25) is 0 Å². The van der Waals surface area contributed by atoms with Gasteiger partial charge in [0.25, 0.3) is 0 Å². The summed E-state index contributed by atoms with van der Waals surface area (Å²) in [4.78, 5) is 18.5. The molecular formula is C26H37N5OS. The molecule has 5 heterocycles. The molecule has 2 saturated heterocycles. The van der Waals surface area contributed by atoms with Gasteiger partial charge in [-0.2, -0.15) is 0 Å². The van der Waals surface area contributed by atoms with Crippen molar-refractivity contribution in [3.05, 3.63) is 22.1 Å². The summed E-state index contributed by atoms with van der Waals surface area (Å²) in [6.45, 7) is 6.41. The van der Waals surface area contributed by atoms with Crippen molar-refractivity contribution in [2.24, 2.45) is 16.8 Å². The summed E-state index contributed by atoms with van der Waals surface area (Å²) < 4.78 is 5.55. The Bertz CT molecular complexity index is 961. The van der Waals surface area contributed by atoms with Gasteiger partial charge in [0.05, 0.1) is 23.9 Å². The predicted octanol–water partition coefficient (Wildman–Crippen LogP) is 4.71. The molecule has 2 aromatic heterocycles. The number of aliphatic imine (C=N–C) groups is 1. The minimum atomic E-state index is 0.560. The molecule has 1 saturated carbocycles. The molecule has 1 N–H and O–H groups in total. The maximum absolute atomic E-state index is 5.55. The third kappa shape index (κ3) is 4.57. The Morgan fingerprint density at radius 3 is 2.61 bits per heavy atom. The van der Waals surface area contributed by atoms with Crippen molar-refractivity contribution in [1.82, 2.24) is 19.8 Å². The highest BCUT2D eigenvalue weighted by Gasteiger charge is 2.33. The molecule has 7 heteroatoms. The summed E-state index contributed by atoms with van der Waals surface area (Å²) in [5.74, 6) is 3.00. The Morgan fingerprint density at radius 1 is 1.03 bits per heavy atom. The number of piperidine rings is 1. The van der Waals surface area contributed by atoms with Crippen molar-refractivity contribution >= 4 is 23.4 Å². The molecule has 1 atom stereocenters. The maximum Gasteiger partial charge on any atom is 0.133 e. The molecule has 0 radical (unpaired) electrons. The molecule has 3 fully saturated rings. The number of hydrogen-bond donors (Lipinski definition) is 1. The Labute approximate surface area is 201 Å². The second-order valence-electron chi connectivity index (χ2n) is 10.5. The molecule has 6 rings (SSSR count). The Balaban J connectivity index is 1.11. The smallest absolute Gasteiger partial charge is 0.133 e. The minimum absolute atomic E-state index is 0.560. The first-order chi connectivity index (χ1) is 16.2. The summed E-state index contributed by atoms with van der Waals surface area (Å²) in [7, 11) is 2.22. The molecule has 33 heavy (non-hydrogen) atoms. The van der Waals surface area contributed by atoms with E-state index >= 15 is 0 Å². The Hall–Kier alpha value is -1.54. The summed E-state index contributed by atoms with van der Waals surface area (Å²) in [6.07, 6.45) is 13.3. The van der Waals surface area contributed by atoms with Crippen LogP contribution < -0.4 is 0 Å². The predicted molar refractivity (Wildman–Crippen MR) is 135 cm³/mol. The van der Waals surface area contributed by atoms with Crippen LogP contribution in [0.25, 0.3) is 11.3 Å². The first kappa shape index (κ1) is 22.0. The van der Waals surface area contributed by atoms with Gasteiger partial charge in [-0.15, -0.1) is 11.3 Å². The first-order valence-electron chi connectivity index (χ1n) is 12.9. The van der Waals surface area contributed by atoms with Gasteiger partial charge in [0.2, 0.25) is 0 Å². The van der Waals surface area contributed by atoms with Gasteiger partial charge < -0.3 is 14.6 Å². The number of aromatic amines is 1. The summed E-state index contributed by atoms with van der Waals surface area (Å²) >= 11 is 1.85. The number of nitrogens with one attached hydrogen (secondary N) is 1. The van der Waals surface area contributed by atoms with Gasteiger partial charge in [0.1, 0.15) is 5.82 Å². The van der Waals surface area contributed by atoms with E-state index in [0.717, 1.165) is 56.2 Å². The lowest BCUT2D eigenvalue weighted by Gasteiger charge is -2.40. The monoisotopic (exact) mass is 467 g/mol. The molecule has 0 aromatic carbocycles. The molecule has 2 aromatic rings. The van der Waals surface area contributed by atoms with Crippen molar-refractivity contribution in [2.45, 2.75) is 56.9 Å². The number of morpholine rings is 1. The van der Waals surface area contributed by atoms with E-state index < -0.39 is 0 Å². The second kappa shape index (κ2) is 9.61. The Kier molecular flexibility index (Phi) is 6.39. The topological polar surface area (TPSA) is 56.8 Å². The van der Waals surface area contributed by atoms with Crippen LogP contribution in [0.4, 0.5) is 5.82 Å². The fourth-order valence-corrected chi connectivity index (χ4v) is 7.42. The third-order valence-electron chi connectivity index (χ3n) is 8.57. The van der Waals surface area contributed by atoms with E-state index in [1.54, 1.807) is 0 Å². The quantitative estimate of drug-likeness (QED) is 0.707. The van der Waals surface area contributed by atoms with Crippen LogP contribution in [0.15, 0.2) is 16.6 Å². The molecule has 3 aliphatic heterocycles. The largest absolute Gasteiger partial charge is 0.379 e. The summed E-state index contributed by atoms with van der Waals surface area (Å²) in [5, 5.41) is 3.60. The number of rotatable bonds is 4. The number of thiazole rings is 1. The SMILES string of the molecule is CN1CCC(c2nc(-c3c[nH]c4c3CC(C3CCC(N5CCOCC5)CC3)C=N4)cs2)CC1. The normalized spacial score (nSPS) is 29.9. The molecule has 0 bridgehead atoms. The molecule has 1 unspecified atom stereocenters. The molecule has 4 aliphatic rings. The van der Waals surface area contributed by atoms with E-state index in [4.69, 9.17) is 14.7 Å². The van der Waals surface area contributed by atoms with E-state index in [1.165, 1.54) is 67.7 Å². The number of likely N-dealkylation sites (tertiary alicyclic amines) is 1. The fraction of sp³-hybridized carbons (Fsp3) is 0.692. The van der Waals surface area contributed by atoms with Gasteiger partial charge in [-0.3, -0.25) is 4.90 Å². The van der Waals surface area contributed by atoms with Gasteiger partial charge in [-0.05, 0) is 71.0 Å². The van der Waals surface area contributed by atoms with Crippen LogP contribution in [0.3, 0.4) is 0 Å². The van der Waals surface area contributed by atoms with Crippen molar-refractivity contribution in [3.63, 3.8) is 0 Å². The molecule has 0 spiro atoms. The lowest BCUT2D eigenvalue weighted by atomic mass is 9.75. The molecule has 0 amide bonds. The highest BCUT2D eigenvalue weighted by molar-refractivity contribution is 7.10. The van der Waals surface area contributed by atoms with Crippen LogP contribution in [-0.4, -0.2) is 78.5 Å². The van der Waals surface area contributed by atoms with Crippen LogP contribution in [0.1, 0.15) is 55.0 Å². The first-order valence-corrected chi connectivity index (χ1v) is 13.8. The van der Waals surface area contributed by atoms with E-state index in [1.807, 2.05) is 11.3 Å². The Morgan fingerprint density at radius 2 is 1.82 bits per heavy atom. The zero-order chi connectivity index (χ0) is 22.2. The lowest BCUT2D eigenvalue weighted by molar-refractivity contribution is 0.00369. The number of fused-ring (bicyclic) bond motifs is 1. The van der Waals surface area contributed by atoms with Crippen LogP contribution in [0, 0.1) is 11.8 Å². The van der Waals surface area contributed by atoms with Gasteiger partial charge in [0, 0.05) is 59.9 Å². The highest BCUT2D eigenvalue weighted by atomic mass is 32.1. The second-order valence-corrected chi connectivity index (χ2v) is 11.4. The average Bonchev–Trinajstić information content (AvgIpc) is 3.52. The number of ether oxygens (including phenoxy) is 1. The van der Waals surface area contributed by atoms with Gasteiger partial charge in [-0.1, -0.05) is 0 Å². The van der Waals surface area contributed by atoms with Crippen molar-refractivity contribution in [3.8, 4) is 11.3 Å². The minimum Gasteiger partial charge on any atom is -0.379 e. The number of aromatic nitrogens is 2.